The van der Waals surface area contributed by atoms with Crippen LogP contribution in [0.15, 0.2) is 0 Å². The average Bonchev–Trinajstić information content (AvgIpc) is 2.28. The fourth-order valence-corrected chi connectivity index (χ4v) is 5.82. The molecule has 0 amide bonds. The normalized spacial score (nSPS) is 22.2. The molecule has 0 spiro atoms. The van der Waals surface area contributed by atoms with Gasteiger partial charge in [-0.1, -0.05) is 19.3 Å². The van der Waals surface area contributed by atoms with E-state index in [0.29, 0.717) is 0 Å². The largest absolute Gasteiger partial charge is 0.346 e. The summed E-state index contributed by atoms with van der Waals surface area (Å²) in [5, 5.41) is 0. The highest BCUT2D eigenvalue weighted by Gasteiger charge is 2.49. The van der Waals surface area contributed by atoms with Crippen molar-refractivity contribution in [2.24, 2.45) is 0 Å². The Hall–Kier alpha value is 0.500. The van der Waals surface area contributed by atoms with E-state index in [-0.39, 0.29) is 4.49 Å². The highest BCUT2D eigenvalue weighted by atomic mass is 32.2. The van der Waals surface area contributed by atoms with E-state index >= 15 is 0 Å². The molecule has 1 saturated carbocycles. The maximum atomic E-state index is 12.4. The highest BCUT2D eigenvalue weighted by molar-refractivity contribution is 8.06. The summed E-state index contributed by atoms with van der Waals surface area (Å²) < 4.78 is 22.4. The Morgan fingerprint density at radius 3 is 2.00 bits per heavy atom. The van der Waals surface area contributed by atoms with Crippen molar-refractivity contribution in [3.05, 3.63) is 0 Å². The Balaban J connectivity index is 2.91. The smallest absolute Gasteiger partial charge is 0.311 e. The van der Waals surface area contributed by atoms with E-state index < -0.39 is 7.60 Å². The van der Waals surface area contributed by atoms with E-state index in [0.717, 1.165) is 25.7 Å². The summed E-state index contributed by atoms with van der Waals surface area (Å²) >= 11 is 1.64. The fourth-order valence-electron chi connectivity index (χ4n) is 2.10. The zero-order valence-electron chi connectivity index (χ0n) is 9.12. The molecule has 14 heavy (non-hydrogen) atoms. The summed E-state index contributed by atoms with van der Waals surface area (Å²) in [6.07, 6.45) is 7.35. The van der Waals surface area contributed by atoms with E-state index in [9.17, 15) is 4.57 Å². The van der Waals surface area contributed by atoms with Crippen molar-refractivity contribution in [1.82, 2.24) is 0 Å². The maximum Gasteiger partial charge on any atom is 0.346 e. The summed E-state index contributed by atoms with van der Waals surface area (Å²) in [6.45, 7) is 0. The number of hydrogen-bond donors (Lipinski definition) is 0. The third-order valence-corrected chi connectivity index (χ3v) is 7.79. The quantitative estimate of drug-likeness (QED) is 0.702. The molecule has 0 heterocycles. The van der Waals surface area contributed by atoms with Crippen molar-refractivity contribution < 1.29 is 13.6 Å². The average molecular weight is 238 g/mol. The first kappa shape index (κ1) is 12.6. The minimum absolute atomic E-state index is 0.297. The summed E-state index contributed by atoms with van der Waals surface area (Å²) in [5.41, 5.74) is 0. The van der Waals surface area contributed by atoms with Crippen LogP contribution >= 0.6 is 19.4 Å². The SMILES string of the molecule is COP(=O)(OC)C1(SC)CCCCC1. The van der Waals surface area contributed by atoms with E-state index in [1.165, 1.54) is 20.6 Å². The molecule has 0 bridgehead atoms. The van der Waals surface area contributed by atoms with Crippen LogP contribution in [0.2, 0.25) is 0 Å². The molecule has 5 heteroatoms. The fraction of sp³-hybridized carbons (Fsp3) is 1.00. The van der Waals surface area contributed by atoms with Gasteiger partial charge in [0, 0.05) is 14.2 Å². The number of rotatable bonds is 4. The second-order valence-electron chi connectivity index (χ2n) is 3.57. The first-order valence-corrected chi connectivity index (χ1v) is 7.67. The molecule has 3 nitrogen and oxygen atoms in total. The Labute approximate surface area is 90.5 Å². The van der Waals surface area contributed by atoms with Gasteiger partial charge < -0.3 is 9.05 Å². The third kappa shape index (κ3) is 2.04. The molecule has 1 rings (SSSR count). The first-order chi connectivity index (χ1) is 6.64. The van der Waals surface area contributed by atoms with Crippen molar-refractivity contribution in [3.63, 3.8) is 0 Å². The lowest BCUT2D eigenvalue weighted by molar-refractivity contribution is 0.249. The second kappa shape index (κ2) is 5.02. The van der Waals surface area contributed by atoms with Crippen LogP contribution in [0.5, 0.6) is 0 Å². The third-order valence-electron chi connectivity index (χ3n) is 2.99. The second-order valence-corrected chi connectivity index (χ2v) is 7.65. The molecule has 84 valence electrons. The van der Waals surface area contributed by atoms with Crippen LogP contribution in [0.4, 0.5) is 0 Å². The molecule has 0 aliphatic heterocycles. The first-order valence-electron chi connectivity index (χ1n) is 4.91. The van der Waals surface area contributed by atoms with E-state index in [4.69, 9.17) is 9.05 Å². The standard InChI is InChI=1S/C9H19O3PS/c1-11-13(10,12-2)9(14-3)7-5-4-6-8-9/h4-8H2,1-3H3. The van der Waals surface area contributed by atoms with Crippen molar-refractivity contribution in [1.29, 1.82) is 0 Å². The van der Waals surface area contributed by atoms with Crippen molar-refractivity contribution in [2.75, 3.05) is 20.5 Å². The lowest BCUT2D eigenvalue weighted by Crippen LogP contribution is -2.28. The van der Waals surface area contributed by atoms with Gasteiger partial charge in [0.1, 0.15) is 4.49 Å². The monoisotopic (exact) mass is 238 g/mol. The lowest BCUT2D eigenvalue weighted by atomic mass is 10.00. The van der Waals surface area contributed by atoms with Gasteiger partial charge in [-0.3, -0.25) is 4.57 Å². The van der Waals surface area contributed by atoms with Crippen molar-refractivity contribution in [3.8, 4) is 0 Å². The molecule has 0 atom stereocenters. The summed E-state index contributed by atoms with van der Waals surface area (Å²) in [6, 6.07) is 0. The Bertz CT molecular complexity index is 218. The number of thioether (sulfide) groups is 1. The predicted molar refractivity (Wildman–Crippen MR) is 61.0 cm³/mol. The van der Waals surface area contributed by atoms with Gasteiger partial charge in [-0.2, -0.15) is 0 Å². The molecule has 1 fully saturated rings. The van der Waals surface area contributed by atoms with Crippen molar-refractivity contribution in [2.45, 2.75) is 36.6 Å². The zero-order chi connectivity index (χ0) is 10.7. The molecular formula is C9H19O3PS. The minimum atomic E-state index is -2.92. The van der Waals surface area contributed by atoms with E-state index in [1.54, 1.807) is 11.8 Å². The molecule has 0 radical (unpaired) electrons. The molecule has 0 aromatic rings. The van der Waals surface area contributed by atoms with Crippen LogP contribution in [0.1, 0.15) is 32.1 Å². The summed E-state index contributed by atoms with van der Waals surface area (Å²) in [7, 11) is 0.0414. The van der Waals surface area contributed by atoms with Gasteiger partial charge >= 0.3 is 7.60 Å². The molecule has 1 aliphatic rings. The van der Waals surface area contributed by atoms with E-state index in [2.05, 4.69) is 0 Å². The molecule has 0 unspecified atom stereocenters. The molecule has 1 aliphatic carbocycles. The predicted octanol–water partition coefficient (Wildman–Crippen LogP) is 3.50. The lowest BCUT2D eigenvalue weighted by Gasteiger charge is -2.39. The van der Waals surface area contributed by atoms with Crippen LogP contribution in [0.3, 0.4) is 0 Å². The van der Waals surface area contributed by atoms with Crippen molar-refractivity contribution >= 4 is 19.4 Å². The minimum Gasteiger partial charge on any atom is -0.311 e. The van der Waals surface area contributed by atoms with Gasteiger partial charge in [0.25, 0.3) is 0 Å². The van der Waals surface area contributed by atoms with Crippen LogP contribution in [-0.4, -0.2) is 25.0 Å². The summed E-state index contributed by atoms with van der Waals surface area (Å²) in [4.78, 5) is 0. The Kier molecular flexibility index (Phi) is 4.51. The molecular weight excluding hydrogens is 219 g/mol. The topological polar surface area (TPSA) is 35.5 Å². The van der Waals surface area contributed by atoms with Crippen LogP contribution in [0.25, 0.3) is 0 Å². The van der Waals surface area contributed by atoms with Gasteiger partial charge in [-0.05, 0) is 19.1 Å². The van der Waals surface area contributed by atoms with Gasteiger partial charge in [-0.15, -0.1) is 11.8 Å². The van der Waals surface area contributed by atoms with Crippen LogP contribution < -0.4 is 0 Å². The van der Waals surface area contributed by atoms with Gasteiger partial charge in [0.2, 0.25) is 0 Å². The summed E-state index contributed by atoms with van der Waals surface area (Å²) in [5.74, 6) is 0. The van der Waals surface area contributed by atoms with Gasteiger partial charge in [-0.25, -0.2) is 0 Å². The molecule has 0 aromatic heterocycles. The maximum absolute atomic E-state index is 12.4. The Morgan fingerprint density at radius 2 is 1.64 bits per heavy atom. The zero-order valence-corrected chi connectivity index (χ0v) is 10.8. The van der Waals surface area contributed by atoms with Gasteiger partial charge in [0.15, 0.2) is 0 Å². The van der Waals surface area contributed by atoms with Crippen LogP contribution in [-0.2, 0) is 13.6 Å². The molecule has 0 N–H and O–H groups in total. The van der Waals surface area contributed by atoms with Crippen LogP contribution in [0, 0.1) is 0 Å². The molecule has 0 aromatic carbocycles. The Morgan fingerprint density at radius 1 is 1.14 bits per heavy atom. The number of hydrogen-bond acceptors (Lipinski definition) is 4. The molecule has 0 saturated heterocycles. The van der Waals surface area contributed by atoms with E-state index in [1.807, 2.05) is 6.26 Å². The highest BCUT2D eigenvalue weighted by Crippen LogP contribution is 2.68. The van der Waals surface area contributed by atoms with Gasteiger partial charge in [0.05, 0.1) is 0 Å².